The zero-order chi connectivity index (χ0) is 16.7. The van der Waals surface area contributed by atoms with Crippen molar-refractivity contribution >= 4 is 5.97 Å². The van der Waals surface area contributed by atoms with E-state index in [1.807, 2.05) is 6.92 Å². The van der Waals surface area contributed by atoms with Crippen LogP contribution in [0, 0.1) is 0 Å². The van der Waals surface area contributed by atoms with Crippen LogP contribution in [0.15, 0.2) is 0 Å². The first-order chi connectivity index (χ1) is 10.5. The molecule has 0 bridgehead atoms. The molecular weight excluding hydrogens is 276 g/mol. The van der Waals surface area contributed by atoms with Crippen molar-refractivity contribution in [2.24, 2.45) is 0 Å². The largest absolute Gasteiger partial charge is 0.469 e. The van der Waals surface area contributed by atoms with Crippen LogP contribution >= 0.6 is 0 Å². The van der Waals surface area contributed by atoms with Gasteiger partial charge in [-0.15, -0.1) is 0 Å². The summed E-state index contributed by atoms with van der Waals surface area (Å²) < 4.78 is 4.62. The number of aliphatic hydroxyl groups is 1. The molecule has 0 amide bonds. The van der Waals surface area contributed by atoms with Gasteiger partial charge in [0.15, 0.2) is 0 Å². The number of carbonyl (C=O) groups is 1. The molecule has 1 atom stereocenters. The van der Waals surface area contributed by atoms with E-state index in [1.165, 1.54) is 52.1 Å². The van der Waals surface area contributed by atoms with Crippen LogP contribution in [-0.2, 0) is 9.53 Å². The molecular formula is C19H38O3. The molecule has 0 aromatic heterocycles. The van der Waals surface area contributed by atoms with Crippen molar-refractivity contribution in [1.82, 2.24) is 0 Å². The summed E-state index contributed by atoms with van der Waals surface area (Å²) in [5.41, 5.74) is -0.464. The van der Waals surface area contributed by atoms with E-state index in [1.54, 1.807) is 0 Å². The molecule has 0 fully saturated rings. The zero-order valence-corrected chi connectivity index (χ0v) is 15.2. The van der Waals surface area contributed by atoms with Crippen LogP contribution in [0.1, 0.15) is 104 Å². The topological polar surface area (TPSA) is 46.5 Å². The van der Waals surface area contributed by atoms with Crippen molar-refractivity contribution in [2.75, 3.05) is 7.11 Å². The van der Waals surface area contributed by atoms with Crippen molar-refractivity contribution < 1.29 is 14.6 Å². The molecule has 132 valence electrons. The molecule has 0 spiro atoms. The van der Waals surface area contributed by atoms with Crippen molar-refractivity contribution in [1.29, 1.82) is 0 Å². The van der Waals surface area contributed by atoms with E-state index in [0.717, 1.165) is 38.5 Å². The number of carbonyl (C=O) groups excluding carboxylic acids is 1. The summed E-state index contributed by atoms with van der Waals surface area (Å²) in [6.45, 7) is 4.21. The van der Waals surface area contributed by atoms with Gasteiger partial charge in [0.2, 0.25) is 0 Å². The molecule has 1 unspecified atom stereocenters. The summed E-state index contributed by atoms with van der Waals surface area (Å²) in [7, 11) is 1.45. The number of ether oxygens (including phenoxy) is 1. The van der Waals surface area contributed by atoms with E-state index in [9.17, 15) is 9.90 Å². The normalized spacial score (nSPS) is 13.8. The number of unbranched alkanes of at least 4 members (excludes halogenated alkanes) is 9. The Hall–Kier alpha value is -0.570. The highest BCUT2D eigenvalue weighted by Crippen LogP contribution is 2.22. The minimum absolute atomic E-state index is 0.0961. The molecule has 3 nitrogen and oxygen atoms in total. The van der Waals surface area contributed by atoms with Crippen molar-refractivity contribution in [3.8, 4) is 0 Å². The average Bonchev–Trinajstić information content (AvgIpc) is 2.49. The molecule has 0 aromatic carbocycles. The van der Waals surface area contributed by atoms with Crippen LogP contribution in [0.4, 0.5) is 0 Å². The summed E-state index contributed by atoms with van der Waals surface area (Å²) in [5.74, 6) is -0.0961. The Balaban J connectivity index is 3.35. The Bertz CT molecular complexity index is 261. The lowest BCUT2D eigenvalue weighted by Gasteiger charge is -2.23. The summed E-state index contributed by atoms with van der Waals surface area (Å²) in [4.78, 5) is 10.9. The molecule has 0 heterocycles. The number of rotatable bonds is 15. The molecule has 0 saturated carbocycles. The van der Waals surface area contributed by atoms with E-state index in [-0.39, 0.29) is 5.97 Å². The molecule has 0 aromatic rings. The van der Waals surface area contributed by atoms with Crippen LogP contribution < -0.4 is 0 Å². The van der Waals surface area contributed by atoms with E-state index >= 15 is 0 Å². The van der Waals surface area contributed by atoms with Gasteiger partial charge in [0.1, 0.15) is 0 Å². The van der Waals surface area contributed by atoms with Crippen LogP contribution in [0.5, 0.6) is 0 Å². The molecule has 0 radical (unpaired) electrons. The van der Waals surface area contributed by atoms with Crippen LogP contribution in [0.2, 0.25) is 0 Å². The number of methoxy groups -OCH3 is 1. The number of hydrogen-bond donors (Lipinski definition) is 1. The smallest absolute Gasteiger partial charge is 0.305 e. The third-order valence-corrected chi connectivity index (χ3v) is 4.39. The van der Waals surface area contributed by atoms with Crippen molar-refractivity contribution in [2.45, 2.75) is 109 Å². The van der Waals surface area contributed by atoms with Crippen LogP contribution in [0.25, 0.3) is 0 Å². The Morgan fingerprint density at radius 1 is 0.864 bits per heavy atom. The third-order valence-electron chi connectivity index (χ3n) is 4.39. The van der Waals surface area contributed by atoms with Gasteiger partial charge in [-0.1, -0.05) is 71.1 Å². The highest BCUT2D eigenvalue weighted by atomic mass is 16.5. The Labute approximate surface area is 137 Å². The fraction of sp³-hybridized carbons (Fsp3) is 0.947. The first-order valence-corrected chi connectivity index (χ1v) is 9.31. The Morgan fingerprint density at radius 3 is 1.82 bits per heavy atom. The quantitative estimate of drug-likeness (QED) is 0.325. The van der Waals surface area contributed by atoms with Gasteiger partial charge < -0.3 is 9.84 Å². The lowest BCUT2D eigenvalue weighted by atomic mass is 9.91. The van der Waals surface area contributed by atoms with E-state index in [0.29, 0.717) is 6.42 Å². The first-order valence-electron chi connectivity index (χ1n) is 9.31. The second-order valence-corrected chi connectivity index (χ2v) is 6.86. The minimum Gasteiger partial charge on any atom is -0.469 e. The minimum atomic E-state index is -0.464. The van der Waals surface area contributed by atoms with E-state index in [2.05, 4.69) is 11.7 Å². The summed E-state index contributed by atoms with van der Waals surface area (Å²) in [5, 5.41) is 10.3. The molecule has 0 saturated heterocycles. The highest BCUT2D eigenvalue weighted by molar-refractivity contribution is 5.68. The van der Waals surface area contributed by atoms with Gasteiger partial charge in [0.25, 0.3) is 0 Å². The SMILES string of the molecule is CCCCCCC(C)(O)CCCCCCCCCC(=O)OC. The standard InChI is InChI=1S/C19H38O3/c1-4-5-6-13-16-19(2,21)17-14-11-9-7-8-10-12-15-18(20)22-3/h21H,4-17H2,1-3H3. The van der Waals surface area contributed by atoms with E-state index < -0.39 is 5.60 Å². The molecule has 0 aliphatic heterocycles. The van der Waals surface area contributed by atoms with Gasteiger partial charge in [0, 0.05) is 6.42 Å². The third kappa shape index (κ3) is 14.4. The van der Waals surface area contributed by atoms with Crippen molar-refractivity contribution in [3.05, 3.63) is 0 Å². The maximum atomic E-state index is 10.9. The van der Waals surface area contributed by atoms with Gasteiger partial charge >= 0.3 is 5.97 Å². The van der Waals surface area contributed by atoms with Gasteiger partial charge in [-0.05, 0) is 26.2 Å². The molecule has 0 aliphatic carbocycles. The lowest BCUT2D eigenvalue weighted by Crippen LogP contribution is -2.23. The monoisotopic (exact) mass is 314 g/mol. The van der Waals surface area contributed by atoms with Crippen LogP contribution in [-0.4, -0.2) is 23.8 Å². The number of hydrogen-bond acceptors (Lipinski definition) is 3. The lowest BCUT2D eigenvalue weighted by molar-refractivity contribution is -0.140. The molecule has 1 N–H and O–H groups in total. The van der Waals surface area contributed by atoms with Crippen LogP contribution in [0.3, 0.4) is 0 Å². The molecule has 0 rings (SSSR count). The summed E-state index contributed by atoms with van der Waals surface area (Å²) in [6, 6.07) is 0. The summed E-state index contributed by atoms with van der Waals surface area (Å²) >= 11 is 0. The molecule has 0 aliphatic rings. The molecule has 22 heavy (non-hydrogen) atoms. The first kappa shape index (κ1) is 21.4. The van der Waals surface area contributed by atoms with Gasteiger partial charge in [0.05, 0.1) is 12.7 Å². The number of esters is 1. The van der Waals surface area contributed by atoms with E-state index in [4.69, 9.17) is 0 Å². The second kappa shape index (κ2) is 14.0. The highest BCUT2D eigenvalue weighted by Gasteiger charge is 2.18. The Kier molecular flexibility index (Phi) is 13.7. The average molecular weight is 315 g/mol. The van der Waals surface area contributed by atoms with Gasteiger partial charge in [-0.25, -0.2) is 0 Å². The maximum absolute atomic E-state index is 10.9. The predicted molar refractivity (Wildman–Crippen MR) is 93.0 cm³/mol. The fourth-order valence-corrected chi connectivity index (χ4v) is 2.82. The van der Waals surface area contributed by atoms with Gasteiger partial charge in [-0.2, -0.15) is 0 Å². The summed E-state index contributed by atoms with van der Waals surface area (Å²) in [6.07, 6.45) is 15.4. The zero-order valence-electron chi connectivity index (χ0n) is 15.2. The van der Waals surface area contributed by atoms with Gasteiger partial charge in [-0.3, -0.25) is 4.79 Å². The van der Waals surface area contributed by atoms with Crippen molar-refractivity contribution in [3.63, 3.8) is 0 Å². The second-order valence-electron chi connectivity index (χ2n) is 6.86. The maximum Gasteiger partial charge on any atom is 0.305 e. The fourth-order valence-electron chi connectivity index (χ4n) is 2.82. The Morgan fingerprint density at radius 2 is 1.32 bits per heavy atom. The predicted octanol–water partition coefficient (Wildman–Crippen LogP) is 5.39. The molecule has 3 heteroatoms.